The summed E-state index contributed by atoms with van der Waals surface area (Å²) >= 11 is 0. The maximum atomic E-state index is 12.3. The Balaban J connectivity index is 2.41. The van der Waals surface area contributed by atoms with Crippen molar-refractivity contribution in [2.75, 3.05) is 21.2 Å². The van der Waals surface area contributed by atoms with Gasteiger partial charge in [0.05, 0.1) is 28.6 Å². The molecule has 0 fully saturated rings. The molecule has 120 valence electrons. The van der Waals surface area contributed by atoms with Gasteiger partial charge in [0.1, 0.15) is 0 Å². The van der Waals surface area contributed by atoms with Gasteiger partial charge in [-0.15, -0.1) is 0 Å². The second-order valence-corrected chi connectivity index (χ2v) is 7.44. The predicted octanol–water partition coefficient (Wildman–Crippen LogP) is 2.13. The number of carbonyl (C=O) groups excluding carboxylic acids is 1. The lowest BCUT2D eigenvalue weighted by Gasteiger charge is -2.11. The summed E-state index contributed by atoms with van der Waals surface area (Å²) < 4.78 is 32.5. The summed E-state index contributed by atoms with van der Waals surface area (Å²) in [6.45, 7) is 0. The van der Waals surface area contributed by atoms with Gasteiger partial charge < -0.3 is 9.14 Å². The largest absolute Gasteiger partial charge is 0.465 e. The zero-order valence-electron chi connectivity index (χ0n) is 13.0. The van der Waals surface area contributed by atoms with E-state index in [1.54, 1.807) is 28.8 Å². The minimum Gasteiger partial charge on any atom is -0.465 e. The summed E-state index contributed by atoms with van der Waals surface area (Å²) in [7, 11) is 0.739. The molecule has 0 amide bonds. The molecule has 0 spiro atoms. The van der Waals surface area contributed by atoms with E-state index in [0.29, 0.717) is 22.0 Å². The Kier molecular flexibility index (Phi) is 3.62. The molecule has 2 aromatic heterocycles. The third kappa shape index (κ3) is 2.29. The van der Waals surface area contributed by atoms with E-state index in [2.05, 4.69) is 0 Å². The average molecular weight is 332 g/mol. The lowest BCUT2D eigenvalue weighted by Crippen LogP contribution is -2.22. The molecule has 3 rings (SSSR count). The van der Waals surface area contributed by atoms with Crippen molar-refractivity contribution in [3.8, 4) is 0 Å². The summed E-state index contributed by atoms with van der Waals surface area (Å²) in [4.78, 5) is 12.3. The fourth-order valence-corrected chi connectivity index (χ4v) is 3.53. The minimum absolute atomic E-state index is 0.176. The molecule has 7 heteroatoms. The molecule has 0 aliphatic rings. The summed E-state index contributed by atoms with van der Waals surface area (Å²) in [5.41, 5.74) is 1.74. The molecule has 0 bridgehead atoms. The molecule has 0 radical (unpaired) electrons. The quantitative estimate of drug-likeness (QED) is 0.689. The zero-order valence-corrected chi connectivity index (χ0v) is 13.8. The van der Waals surface area contributed by atoms with E-state index < -0.39 is 16.0 Å². The number of methoxy groups -OCH3 is 1. The van der Waals surface area contributed by atoms with Crippen LogP contribution in [0.15, 0.2) is 47.5 Å². The van der Waals surface area contributed by atoms with E-state index in [4.69, 9.17) is 4.74 Å². The molecule has 0 saturated heterocycles. The van der Waals surface area contributed by atoms with Crippen molar-refractivity contribution in [1.82, 2.24) is 8.71 Å². The lowest BCUT2D eigenvalue weighted by molar-refractivity contribution is 0.0605. The maximum Gasteiger partial charge on any atom is 0.340 e. The molecule has 3 aromatic rings. The highest BCUT2D eigenvalue weighted by molar-refractivity contribution is 7.89. The standard InChI is InChI=1S/C16H16N2O4S/c1-17(2)23(20,21)11-7-8-12-14(10-11)18-9-5-4-6-13(18)15(12)16(19)22-3/h4-10H,1-3H3. The van der Waals surface area contributed by atoms with Gasteiger partial charge in [-0.25, -0.2) is 17.5 Å². The van der Waals surface area contributed by atoms with Crippen LogP contribution in [0.1, 0.15) is 10.4 Å². The summed E-state index contributed by atoms with van der Waals surface area (Å²) in [6, 6.07) is 10.2. The first-order chi connectivity index (χ1) is 10.9. The van der Waals surface area contributed by atoms with Crippen molar-refractivity contribution in [3.05, 3.63) is 48.2 Å². The molecule has 0 aliphatic heterocycles. The van der Waals surface area contributed by atoms with Gasteiger partial charge in [0.15, 0.2) is 0 Å². The molecule has 0 unspecified atom stereocenters. The van der Waals surface area contributed by atoms with Crippen molar-refractivity contribution in [1.29, 1.82) is 0 Å². The number of sulfonamides is 1. The van der Waals surface area contributed by atoms with Gasteiger partial charge >= 0.3 is 5.97 Å². The number of ether oxygens (including phenoxy) is 1. The molecular formula is C16H16N2O4S. The fraction of sp³-hybridized carbons (Fsp3) is 0.188. The Morgan fingerprint density at radius 3 is 2.52 bits per heavy atom. The molecule has 0 atom stereocenters. The van der Waals surface area contributed by atoms with Crippen molar-refractivity contribution >= 4 is 32.4 Å². The Morgan fingerprint density at radius 2 is 1.87 bits per heavy atom. The van der Waals surface area contributed by atoms with Crippen molar-refractivity contribution in [3.63, 3.8) is 0 Å². The lowest BCUT2D eigenvalue weighted by atomic mass is 10.1. The monoisotopic (exact) mass is 332 g/mol. The third-order valence-electron chi connectivity index (χ3n) is 3.78. The van der Waals surface area contributed by atoms with Gasteiger partial charge in [-0.3, -0.25) is 0 Å². The third-order valence-corrected chi connectivity index (χ3v) is 5.59. The van der Waals surface area contributed by atoms with E-state index in [1.165, 1.54) is 27.3 Å². The van der Waals surface area contributed by atoms with E-state index in [0.717, 1.165) is 4.31 Å². The summed E-state index contributed by atoms with van der Waals surface area (Å²) in [5.74, 6) is -0.452. The van der Waals surface area contributed by atoms with Crippen molar-refractivity contribution in [2.24, 2.45) is 0 Å². The summed E-state index contributed by atoms with van der Waals surface area (Å²) in [6.07, 6.45) is 1.79. The number of pyridine rings is 1. The first kappa shape index (κ1) is 15.5. The number of hydrogen-bond acceptors (Lipinski definition) is 4. The Labute approximate surface area is 133 Å². The van der Waals surface area contributed by atoms with E-state index >= 15 is 0 Å². The Morgan fingerprint density at radius 1 is 1.13 bits per heavy atom. The number of aromatic nitrogens is 1. The smallest absolute Gasteiger partial charge is 0.340 e. The molecular weight excluding hydrogens is 316 g/mol. The van der Waals surface area contributed by atoms with Crippen LogP contribution in [0.5, 0.6) is 0 Å². The normalized spacial score (nSPS) is 12.2. The van der Waals surface area contributed by atoms with Crippen LogP contribution in [0.2, 0.25) is 0 Å². The predicted molar refractivity (Wildman–Crippen MR) is 87.1 cm³/mol. The fourth-order valence-electron chi connectivity index (χ4n) is 2.60. The topological polar surface area (TPSA) is 68.1 Å². The van der Waals surface area contributed by atoms with Crippen LogP contribution >= 0.6 is 0 Å². The molecule has 0 saturated carbocycles. The van der Waals surface area contributed by atoms with Crippen LogP contribution in [0.4, 0.5) is 0 Å². The van der Waals surface area contributed by atoms with Gasteiger partial charge in [0.2, 0.25) is 10.0 Å². The van der Waals surface area contributed by atoms with Crippen LogP contribution in [0, 0.1) is 0 Å². The SMILES string of the molecule is COC(=O)c1c2ccc(S(=O)(=O)N(C)C)cc2n2ccccc12. The van der Waals surface area contributed by atoms with Crippen molar-refractivity contribution < 1.29 is 17.9 Å². The maximum absolute atomic E-state index is 12.3. The van der Waals surface area contributed by atoms with Crippen molar-refractivity contribution in [2.45, 2.75) is 4.90 Å². The molecule has 2 heterocycles. The highest BCUT2D eigenvalue weighted by atomic mass is 32.2. The number of carbonyl (C=O) groups is 1. The first-order valence-corrected chi connectivity index (χ1v) is 8.35. The van der Waals surface area contributed by atoms with E-state index in [1.807, 2.05) is 12.1 Å². The van der Waals surface area contributed by atoms with Gasteiger partial charge in [-0.2, -0.15) is 0 Å². The van der Waals surface area contributed by atoms with Crippen LogP contribution < -0.4 is 0 Å². The van der Waals surface area contributed by atoms with Crippen LogP contribution in [-0.4, -0.2) is 44.3 Å². The summed E-state index contributed by atoms with van der Waals surface area (Å²) in [5, 5.41) is 0.653. The number of rotatable bonds is 3. The van der Waals surface area contributed by atoms with Crippen LogP contribution in [0.25, 0.3) is 16.4 Å². The average Bonchev–Trinajstić information content (AvgIpc) is 2.87. The van der Waals surface area contributed by atoms with Gasteiger partial charge in [0, 0.05) is 25.7 Å². The van der Waals surface area contributed by atoms with Crippen LogP contribution in [-0.2, 0) is 14.8 Å². The highest BCUT2D eigenvalue weighted by Crippen LogP contribution is 2.29. The van der Waals surface area contributed by atoms with Gasteiger partial charge in [0.25, 0.3) is 0 Å². The number of benzene rings is 1. The molecule has 1 aromatic carbocycles. The molecule has 0 N–H and O–H groups in total. The molecule has 6 nitrogen and oxygen atoms in total. The number of fused-ring (bicyclic) bond motifs is 3. The second-order valence-electron chi connectivity index (χ2n) is 5.29. The Hall–Kier alpha value is -2.38. The van der Waals surface area contributed by atoms with Gasteiger partial charge in [-0.05, 0) is 24.3 Å². The highest BCUT2D eigenvalue weighted by Gasteiger charge is 2.22. The number of esters is 1. The second kappa shape index (κ2) is 5.36. The molecule has 23 heavy (non-hydrogen) atoms. The molecule has 0 aliphatic carbocycles. The Bertz CT molecular complexity index is 1020. The zero-order chi connectivity index (χ0) is 16.8. The van der Waals surface area contributed by atoms with E-state index in [-0.39, 0.29) is 4.90 Å². The van der Waals surface area contributed by atoms with Crippen LogP contribution in [0.3, 0.4) is 0 Å². The first-order valence-electron chi connectivity index (χ1n) is 6.91. The minimum atomic E-state index is -3.55. The number of nitrogens with zero attached hydrogens (tertiary/aromatic N) is 2. The number of hydrogen-bond donors (Lipinski definition) is 0. The van der Waals surface area contributed by atoms with Gasteiger partial charge in [-0.1, -0.05) is 12.1 Å². The van der Waals surface area contributed by atoms with E-state index in [9.17, 15) is 13.2 Å².